The first-order valence-corrected chi connectivity index (χ1v) is 8.00. The molecule has 1 heterocycles. The van der Waals surface area contributed by atoms with Crippen LogP contribution >= 0.6 is 0 Å². The predicted molar refractivity (Wildman–Crippen MR) is 89.5 cm³/mol. The number of hydrogen-bond acceptors (Lipinski definition) is 4. The largest absolute Gasteiger partial charge is 0.465 e. The summed E-state index contributed by atoms with van der Waals surface area (Å²) < 4.78 is 5.84. The number of aryl methyl sites for hydroxylation is 1. The molecule has 0 aliphatic heterocycles. The van der Waals surface area contributed by atoms with Gasteiger partial charge >= 0.3 is 0 Å². The van der Waals surface area contributed by atoms with Crippen LogP contribution in [0.25, 0.3) is 0 Å². The van der Waals surface area contributed by atoms with Crippen molar-refractivity contribution in [3.63, 3.8) is 0 Å². The van der Waals surface area contributed by atoms with E-state index in [-0.39, 0.29) is 0 Å². The molecule has 4 heteroatoms. The van der Waals surface area contributed by atoms with E-state index in [4.69, 9.17) is 4.42 Å². The first-order valence-electron chi connectivity index (χ1n) is 8.00. The Morgan fingerprint density at radius 3 is 2.52 bits per heavy atom. The zero-order chi connectivity index (χ0) is 15.8. The zero-order valence-corrected chi connectivity index (χ0v) is 14.7. The third-order valence-corrected chi connectivity index (χ3v) is 3.51. The Morgan fingerprint density at radius 1 is 1.19 bits per heavy atom. The highest BCUT2D eigenvalue weighted by atomic mass is 16.3. The number of rotatable bonds is 10. The zero-order valence-electron chi connectivity index (χ0n) is 14.7. The lowest BCUT2D eigenvalue weighted by Crippen LogP contribution is -2.23. The van der Waals surface area contributed by atoms with Gasteiger partial charge in [-0.2, -0.15) is 0 Å². The highest BCUT2D eigenvalue weighted by Gasteiger charge is 2.10. The second kappa shape index (κ2) is 9.23. The molecule has 0 amide bonds. The lowest BCUT2D eigenvalue weighted by atomic mass is 10.2. The number of nitrogens with zero attached hydrogens (tertiary/aromatic N) is 2. The van der Waals surface area contributed by atoms with Crippen LogP contribution in [0.1, 0.15) is 37.4 Å². The van der Waals surface area contributed by atoms with Gasteiger partial charge in [0.1, 0.15) is 11.5 Å². The molecule has 4 nitrogen and oxygen atoms in total. The van der Waals surface area contributed by atoms with Gasteiger partial charge in [-0.1, -0.05) is 13.8 Å². The van der Waals surface area contributed by atoms with E-state index in [0.717, 1.165) is 44.2 Å². The highest BCUT2D eigenvalue weighted by Crippen LogP contribution is 2.16. The lowest BCUT2D eigenvalue weighted by molar-refractivity contribution is 0.293. The SMILES string of the molecule is Cc1oc(CNCC(C)C)cc1CN(C)CCCN(C)C. The first-order chi connectivity index (χ1) is 9.88. The molecule has 21 heavy (non-hydrogen) atoms. The van der Waals surface area contributed by atoms with E-state index in [1.54, 1.807) is 0 Å². The summed E-state index contributed by atoms with van der Waals surface area (Å²) in [6, 6.07) is 2.20. The maximum Gasteiger partial charge on any atom is 0.118 e. The normalized spacial score (nSPS) is 12.0. The van der Waals surface area contributed by atoms with E-state index >= 15 is 0 Å². The second-order valence-electron chi connectivity index (χ2n) is 6.71. The van der Waals surface area contributed by atoms with Gasteiger partial charge in [0.15, 0.2) is 0 Å². The van der Waals surface area contributed by atoms with Gasteiger partial charge in [0.2, 0.25) is 0 Å². The molecule has 1 aromatic heterocycles. The van der Waals surface area contributed by atoms with E-state index in [9.17, 15) is 0 Å². The monoisotopic (exact) mass is 295 g/mol. The fourth-order valence-corrected chi connectivity index (χ4v) is 2.34. The van der Waals surface area contributed by atoms with Gasteiger partial charge < -0.3 is 19.5 Å². The minimum Gasteiger partial charge on any atom is -0.465 e. The topological polar surface area (TPSA) is 31.7 Å². The molecular formula is C17H33N3O. The van der Waals surface area contributed by atoms with Crippen molar-refractivity contribution in [2.45, 2.75) is 40.3 Å². The van der Waals surface area contributed by atoms with Crippen molar-refractivity contribution in [2.24, 2.45) is 5.92 Å². The number of nitrogens with one attached hydrogen (secondary N) is 1. The van der Waals surface area contributed by atoms with Crippen LogP contribution in [0.2, 0.25) is 0 Å². The minimum atomic E-state index is 0.670. The molecule has 0 saturated carbocycles. The van der Waals surface area contributed by atoms with Crippen molar-refractivity contribution in [3.8, 4) is 0 Å². The standard InChI is InChI=1S/C17H33N3O/c1-14(2)11-18-12-17-10-16(15(3)21-17)13-20(6)9-7-8-19(4)5/h10,14,18H,7-9,11-13H2,1-6H3. The number of hydrogen-bond donors (Lipinski definition) is 1. The van der Waals surface area contributed by atoms with Crippen LogP contribution < -0.4 is 5.32 Å². The fraction of sp³-hybridized carbons (Fsp3) is 0.765. The van der Waals surface area contributed by atoms with E-state index in [0.29, 0.717) is 5.92 Å². The molecule has 0 fully saturated rings. The average Bonchev–Trinajstić information content (AvgIpc) is 2.69. The molecule has 0 spiro atoms. The van der Waals surface area contributed by atoms with E-state index in [2.05, 4.69) is 63.1 Å². The van der Waals surface area contributed by atoms with Crippen molar-refractivity contribution >= 4 is 0 Å². The molecule has 0 radical (unpaired) electrons. The fourth-order valence-electron chi connectivity index (χ4n) is 2.34. The molecule has 1 rings (SSSR count). The van der Waals surface area contributed by atoms with Crippen LogP contribution in [0.5, 0.6) is 0 Å². The Labute approximate surface area is 130 Å². The predicted octanol–water partition coefficient (Wildman–Crippen LogP) is 2.72. The van der Waals surface area contributed by atoms with Gasteiger partial charge in [0.25, 0.3) is 0 Å². The molecular weight excluding hydrogens is 262 g/mol. The second-order valence-corrected chi connectivity index (χ2v) is 6.71. The van der Waals surface area contributed by atoms with Crippen LogP contribution in [0.3, 0.4) is 0 Å². The first kappa shape index (κ1) is 18.2. The van der Waals surface area contributed by atoms with Crippen molar-refractivity contribution in [1.82, 2.24) is 15.1 Å². The van der Waals surface area contributed by atoms with Gasteiger partial charge in [-0.05, 0) is 66.1 Å². The Morgan fingerprint density at radius 2 is 1.90 bits per heavy atom. The summed E-state index contributed by atoms with van der Waals surface area (Å²) in [6.07, 6.45) is 1.20. The lowest BCUT2D eigenvalue weighted by Gasteiger charge is -2.17. The molecule has 0 atom stereocenters. The van der Waals surface area contributed by atoms with Gasteiger partial charge in [-0.3, -0.25) is 0 Å². The van der Waals surface area contributed by atoms with Crippen molar-refractivity contribution in [1.29, 1.82) is 0 Å². The molecule has 0 saturated heterocycles. The van der Waals surface area contributed by atoms with Crippen molar-refractivity contribution in [2.75, 3.05) is 40.8 Å². The Kier molecular flexibility index (Phi) is 8.01. The maximum atomic E-state index is 5.84. The molecule has 122 valence electrons. The van der Waals surface area contributed by atoms with Crippen LogP contribution in [0.4, 0.5) is 0 Å². The summed E-state index contributed by atoms with van der Waals surface area (Å²) in [4.78, 5) is 4.60. The van der Waals surface area contributed by atoms with Crippen LogP contribution in [-0.4, -0.2) is 50.6 Å². The van der Waals surface area contributed by atoms with Crippen LogP contribution in [0, 0.1) is 12.8 Å². The minimum absolute atomic E-state index is 0.670. The highest BCUT2D eigenvalue weighted by molar-refractivity contribution is 5.20. The third kappa shape index (κ3) is 7.65. The third-order valence-electron chi connectivity index (χ3n) is 3.51. The molecule has 1 aromatic rings. The summed E-state index contributed by atoms with van der Waals surface area (Å²) in [5.41, 5.74) is 1.31. The van der Waals surface area contributed by atoms with E-state index in [1.807, 2.05) is 0 Å². The van der Waals surface area contributed by atoms with Crippen LogP contribution in [0.15, 0.2) is 10.5 Å². The Balaban J connectivity index is 2.39. The summed E-state index contributed by atoms with van der Waals surface area (Å²) in [6.45, 7) is 11.6. The summed E-state index contributed by atoms with van der Waals surface area (Å²) in [7, 11) is 6.42. The Bertz CT molecular complexity index is 399. The van der Waals surface area contributed by atoms with Gasteiger partial charge in [-0.15, -0.1) is 0 Å². The quantitative estimate of drug-likeness (QED) is 0.719. The van der Waals surface area contributed by atoms with Crippen molar-refractivity contribution in [3.05, 3.63) is 23.2 Å². The summed E-state index contributed by atoms with van der Waals surface area (Å²) >= 11 is 0. The summed E-state index contributed by atoms with van der Waals surface area (Å²) in [5.74, 6) is 2.77. The van der Waals surface area contributed by atoms with Crippen molar-refractivity contribution < 1.29 is 4.42 Å². The molecule has 0 aliphatic carbocycles. The van der Waals surface area contributed by atoms with Gasteiger partial charge in [0.05, 0.1) is 6.54 Å². The molecule has 0 aliphatic rings. The molecule has 0 aromatic carbocycles. The molecule has 0 unspecified atom stereocenters. The average molecular weight is 295 g/mol. The summed E-state index contributed by atoms with van der Waals surface area (Å²) in [5, 5.41) is 3.43. The van der Waals surface area contributed by atoms with Crippen LogP contribution in [-0.2, 0) is 13.1 Å². The van der Waals surface area contributed by atoms with Gasteiger partial charge in [-0.25, -0.2) is 0 Å². The van der Waals surface area contributed by atoms with E-state index in [1.165, 1.54) is 12.0 Å². The smallest absolute Gasteiger partial charge is 0.118 e. The Hall–Kier alpha value is -0.840. The molecule has 0 bridgehead atoms. The van der Waals surface area contributed by atoms with Gasteiger partial charge in [0, 0.05) is 12.1 Å². The maximum absolute atomic E-state index is 5.84. The number of furan rings is 1. The molecule has 1 N–H and O–H groups in total. The van der Waals surface area contributed by atoms with E-state index < -0.39 is 0 Å².